The SMILES string of the molecule is Cc1ccc([N+](=O)[O-])c(SOC(CCC(N)C(=O)O)C(=O)c2ccccc2)c1. The van der Waals surface area contributed by atoms with Gasteiger partial charge in [-0.05, 0) is 31.4 Å². The lowest BCUT2D eigenvalue weighted by Gasteiger charge is -2.17. The molecule has 0 amide bonds. The molecule has 2 unspecified atom stereocenters. The summed E-state index contributed by atoms with van der Waals surface area (Å²) in [5, 5.41) is 20.2. The van der Waals surface area contributed by atoms with Crippen LogP contribution in [-0.2, 0) is 8.98 Å². The van der Waals surface area contributed by atoms with Crippen molar-refractivity contribution in [3.8, 4) is 0 Å². The normalized spacial score (nSPS) is 12.9. The standard InChI is InChI=1S/C19H20N2O6S/c1-12-7-9-15(21(25)26)17(11-12)28-27-16(10-8-14(20)19(23)24)18(22)13-5-3-2-4-6-13/h2-7,9,11,14,16H,8,10,20H2,1H3,(H,23,24). The monoisotopic (exact) mass is 404 g/mol. The molecule has 9 heteroatoms. The Hall–Kier alpha value is -2.75. The predicted molar refractivity (Wildman–Crippen MR) is 104 cm³/mol. The van der Waals surface area contributed by atoms with E-state index in [0.717, 1.165) is 17.6 Å². The third kappa shape index (κ3) is 5.88. The molecule has 148 valence electrons. The zero-order chi connectivity index (χ0) is 20.7. The molecule has 0 saturated carbocycles. The molecule has 0 heterocycles. The van der Waals surface area contributed by atoms with Crippen molar-refractivity contribution in [2.45, 2.75) is 36.8 Å². The van der Waals surface area contributed by atoms with E-state index in [4.69, 9.17) is 15.0 Å². The van der Waals surface area contributed by atoms with Gasteiger partial charge in [0.2, 0.25) is 0 Å². The average Bonchev–Trinajstić information content (AvgIpc) is 2.67. The number of hydrogen-bond acceptors (Lipinski definition) is 7. The number of aliphatic carboxylic acids is 1. The first-order valence-corrected chi connectivity index (χ1v) is 9.19. The molecule has 0 aromatic heterocycles. The van der Waals surface area contributed by atoms with Crippen LogP contribution in [0, 0.1) is 17.0 Å². The number of nitro groups is 1. The maximum atomic E-state index is 12.8. The zero-order valence-corrected chi connectivity index (χ0v) is 15.9. The first-order chi connectivity index (χ1) is 13.3. The molecule has 2 aromatic carbocycles. The second-order valence-electron chi connectivity index (χ2n) is 6.15. The molecule has 0 fully saturated rings. The summed E-state index contributed by atoms with van der Waals surface area (Å²) in [5.41, 5.74) is 6.60. The van der Waals surface area contributed by atoms with Crippen LogP contribution in [-0.4, -0.2) is 33.9 Å². The molecule has 0 saturated heterocycles. The van der Waals surface area contributed by atoms with E-state index >= 15 is 0 Å². The molecule has 0 bridgehead atoms. The van der Waals surface area contributed by atoms with Gasteiger partial charge < -0.3 is 10.8 Å². The lowest BCUT2D eigenvalue weighted by atomic mass is 10.0. The van der Waals surface area contributed by atoms with E-state index in [1.54, 1.807) is 49.4 Å². The molecule has 0 aliphatic heterocycles. The Balaban J connectivity index is 2.20. The number of nitro benzene ring substituents is 1. The highest BCUT2D eigenvalue weighted by Crippen LogP contribution is 2.32. The van der Waals surface area contributed by atoms with Crippen LogP contribution in [0.2, 0.25) is 0 Å². The first-order valence-electron chi connectivity index (χ1n) is 8.45. The van der Waals surface area contributed by atoms with Crippen molar-refractivity contribution >= 4 is 29.5 Å². The van der Waals surface area contributed by atoms with Crippen LogP contribution in [0.5, 0.6) is 0 Å². The van der Waals surface area contributed by atoms with Crippen LogP contribution >= 0.6 is 12.0 Å². The summed E-state index contributed by atoms with van der Waals surface area (Å²) in [4.78, 5) is 34.7. The van der Waals surface area contributed by atoms with E-state index in [9.17, 15) is 19.7 Å². The maximum absolute atomic E-state index is 12.8. The van der Waals surface area contributed by atoms with Crippen LogP contribution in [0.15, 0.2) is 53.4 Å². The Morgan fingerprint density at radius 2 is 1.89 bits per heavy atom. The fourth-order valence-corrected chi connectivity index (χ4v) is 3.28. The van der Waals surface area contributed by atoms with Crippen molar-refractivity contribution in [3.63, 3.8) is 0 Å². The van der Waals surface area contributed by atoms with Crippen LogP contribution in [0.4, 0.5) is 5.69 Å². The van der Waals surface area contributed by atoms with Gasteiger partial charge in [0.05, 0.1) is 4.92 Å². The minimum Gasteiger partial charge on any atom is -0.480 e. The minimum absolute atomic E-state index is 0.0229. The Morgan fingerprint density at radius 3 is 2.50 bits per heavy atom. The number of nitrogens with two attached hydrogens (primary N) is 1. The van der Waals surface area contributed by atoms with Gasteiger partial charge in [-0.2, -0.15) is 0 Å². The lowest BCUT2D eigenvalue weighted by Crippen LogP contribution is -2.33. The molecule has 0 spiro atoms. The van der Waals surface area contributed by atoms with E-state index < -0.39 is 23.0 Å². The number of aryl methyl sites for hydroxylation is 1. The van der Waals surface area contributed by atoms with Gasteiger partial charge in [0, 0.05) is 23.7 Å². The summed E-state index contributed by atoms with van der Waals surface area (Å²) in [5.74, 6) is -1.52. The van der Waals surface area contributed by atoms with Crippen molar-refractivity contribution < 1.29 is 23.8 Å². The molecule has 0 aliphatic carbocycles. The molecule has 0 aliphatic rings. The summed E-state index contributed by atoms with van der Waals surface area (Å²) in [7, 11) is 0. The van der Waals surface area contributed by atoms with Crippen LogP contribution in [0.3, 0.4) is 0 Å². The van der Waals surface area contributed by atoms with Crippen molar-refractivity contribution in [3.05, 3.63) is 69.8 Å². The second-order valence-corrected chi connectivity index (χ2v) is 6.95. The van der Waals surface area contributed by atoms with Crippen molar-refractivity contribution in [2.75, 3.05) is 0 Å². The molecule has 2 rings (SSSR count). The molecule has 3 N–H and O–H groups in total. The van der Waals surface area contributed by atoms with Gasteiger partial charge in [-0.1, -0.05) is 36.4 Å². The zero-order valence-electron chi connectivity index (χ0n) is 15.1. The number of carbonyl (C=O) groups excluding carboxylic acids is 1. The summed E-state index contributed by atoms with van der Waals surface area (Å²) < 4.78 is 5.63. The van der Waals surface area contributed by atoms with Crippen LogP contribution in [0.1, 0.15) is 28.8 Å². The number of rotatable bonds is 10. The smallest absolute Gasteiger partial charge is 0.320 e. The quantitative estimate of drug-likeness (QED) is 0.266. The van der Waals surface area contributed by atoms with Gasteiger partial charge in [0.25, 0.3) is 5.69 Å². The largest absolute Gasteiger partial charge is 0.480 e. The van der Waals surface area contributed by atoms with Gasteiger partial charge in [-0.15, -0.1) is 0 Å². The fraction of sp³-hybridized carbons (Fsp3) is 0.263. The molecule has 2 atom stereocenters. The average molecular weight is 404 g/mol. The van der Waals surface area contributed by atoms with Crippen LogP contribution < -0.4 is 5.73 Å². The second kappa shape index (κ2) is 9.98. The number of carbonyl (C=O) groups is 2. The van der Waals surface area contributed by atoms with E-state index in [0.29, 0.717) is 5.56 Å². The third-order valence-corrected chi connectivity index (χ3v) is 4.81. The molecule has 8 nitrogen and oxygen atoms in total. The number of nitrogens with zero attached hydrogens (tertiary/aromatic N) is 1. The predicted octanol–water partition coefficient (Wildman–Crippen LogP) is 3.37. The Kier molecular flexibility index (Phi) is 7.68. The maximum Gasteiger partial charge on any atom is 0.320 e. The number of hydrogen-bond donors (Lipinski definition) is 2. The first kappa shape index (κ1) is 21.5. The van der Waals surface area contributed by atoms with Gasteiger partial charge in [0.15, 0.2) is 5.78 Å². The fourth-order valence-electron chi connectivity index (χ4n) is 2.41. The number of ketones is 1. The molecule has 2 aromatic rings. The van der Waals surface area contributed by atoms with Gasteiger partial charge in [-0.3, -0.25) is 23.9 Å². The highest BCUT2D eigenvalue weighted by Gasteiger charge is 2.25. The van der Waals surface area contributed by atoms with Crippen molar-refractivity contribution in [1.29, 1.82) is 0 Å². The Labute approximate surface area is 166 Å². The van der Waals surface area contributed by atoms with Crippen molar-refractivity contribution in [2.24, 2.45) is 5.73 Å². The minimum atomic E-state index is -1.17. The lowest BCUT2D eigenvalue weighted by molar-refractivity contribution is -0.387. The number of benzene rings is 2. The molecular weight excluding hydrogens is 384 g/mol. The molecule has 0 radical (unpaired) electrons. The van der Waals surface area contributed by atoms with Crippen LogP contribution in [0.25, 0.3) is 0 Å². The van der Waals surface area contributed by atoms with Gasteiger partial charge >= 0.3 is 5.97 Å². The molecule has 28 heavy (non-hydrogen) atoms. The number of Topliss-reactive ketones (excluding diaryl/α,β-unsaturated/α-hetero) is 1. The summed E-state index contributed by atoms with van der Waals surface area (Å²) >= 11 is 0.730. The number of carboxylic acids is 1. The highest BCUT2D eigenvalue weighted by atomic mass is 32.2. The highest BCUT2D eigenvalue weighted by molar-refractivity contribution is 7.94. The number of carboxylic acid groups (broad SMARTS) is 1. The van der Waals surface area contributed by atoms with Crippen molar-refractivity contribution in [1.82, 2.24) is 0 Å². The third-order valence-electron chi connectivity index (χ3n) is 3.97. The molecular formula is C19H20N2O6S. The Morgan fingerprint density at radius 1 is 1.21 bits per heavy atom. The van der Waals surface area contributed by atoms with E-state index in [-0.39, 0.29) is 29.2 Å². The van der Waals surface area contributed by atoms with E-state index in [2.05, 4.69) is 0 Å². The Bertz CT molecular complexity index is 859. The van der Waals surface area contributed by atoms with E-state index in [1.165, 1.54) is 6.07 Å². The van der Waals surface area contributed by atoms with Gasteiger partial charge in [-0.25, -0.2) is 0 Å². The van der Waals surface area contributed by atoms with E-state index in [1.807, 2.05) is 0 Å². The summed E-state index contributed by atoms with van der Waals surface area (Å²) in [6.07, 6.45) is -0.916. The summed E-state index contributed by atoms with van der Waals surface area (Å²) in [6, 6.07) is 11.8. The van der Waals surface area contributed by atoms with Gasteiger partial charge in [0.1, 0.15) is 17.0 Å². The topological polar surface area (TPSA) is 133 Å². The summed E-state index contributed by atoms with van der Waals surface area (Å²) in [6.45, 7) is 1.78.